The van der Waals surface area contributed by atoms with Crippen molar-refractivity contribution in [2.24, 2.45) is 5.41 Å². The molecule has 0 spiro atoms. The van der Waals surface area contributed by atoms with Crippen LogP contribution in [0.2, 0.25) is 0 Å². The summed E-state index contributed by atoms with van der Waals surface area (Å²) in [6.07, 6.45) is -4.63. The first kappa shape index (κ1) is 23.6. The number of ether oxygens (including phenoxy) is 4. The van der Waals surface area contributed by atoms with Gasteiger partial charge in [-0.25, -0.2) is 0 Å². The number of rotatable bonds is 6. The first-order chi connectivity index (χ1) is 14.5. The van der Waals surface area contributed by atoms with Gasteiger partial charge in [-0.3, -0.25) is 9.59 Å². The second kappa shape index (κ2) is 8.84. The largest absolute Gasteiger partial charge is 0.469 e. The average Bonchev–Trinajstić information content (AvgIpc) is 3.08. The van der Waals surface area contributed by atoms with E-state index in [1.54, 1.807) is 58.0 Å². The van der Waals surface area contributed by atoms with E-state index in [0.717, 1.165) is 0 Å². The number of hydrogen-bond acceptors (Lipinski definition) is 8. The van der Waals surface area contributed by atoms with Crippen molar-refractivity contribution in [3.63, 3.8) is 0 Å². The molecular weight excluding hydrogens is 406 g/mol. The molecule has 1 amide bonds. The Kier molecular flexibility index (Phi) is 6.73. The van der Waals surface area contributed by atoms with Crippen LogP contribution in [0.5, 0.6) is 0 Å². The Morgan fingerprint density at radius 2 is 1.81 bits per heavy atom. The van der Waals surface area contributed by atoms with Gasteiger partial charge in [0.05, 0.1) is 25.2 Å². The third kappa shape index (κ3) is 4.61. The minimum atomic E-state index is -1.27. The number of hydrogen-bond donors (Lipinski definition) is 3. The predicted octanol–water partition coefficient (Wildman–Crippen LogP) is 0.625. The molecule has 2 saturated heterocycles. The Bertz CT molecular complexity index is 796. The zero-order valence-corrected chi connectivity index (χ0v) is 18.4. The second-order valence-corrected chi connectivity index (χ2v) is 8.91. The Morgan fingerprint density at radius 1 is 1.19 bits per heavy atom. The zero-order valence-electron chi connectivity index (χ0n) is 18.4. The SMILES string of the molecule is COC(=O)C(C)(C)C(NC(=O)c1ccccc1)C1OC(CO)C2OC(C)(C)OC2C1O. The number of methoxy groups -OCH3 is 1. The van der Waals surface area contributed by atoms with Crippen LogP contribution >= 0.6 is 0 Å². The minimum Gasteiger partial charge on any atom is -0.469 e. The molecule has 9 heteroatoms. The molecule has 6 unspecified atom stereocenters. The molecule has 172 valence electrons. The van der Waals surface area contributed by atoms with E-state index in [2.05, 4.69) is 5.32 Å². The lowest BCUT2D eigenvalue weighted by Gasteiger charge is -2.46. The van der Waals surface area contributed by atoms with Crippen LogP contribution in [0.15, 0.2) is 30.3 Å². The molecule has 0 radical (unpaired) electrons. The molecule has 2 aliphatic rings. The van der Waals surface area contributed by atoms with Crippen LogP contribution in [-0.2, 0) is 23.7 Å². The van der Waals surface area contributed by atoms with Crippen molar-refractivity contribution in [3.8, 4) is 0 Å². The van der Waals surface area contributed by atoms with E-state index >= 15 is 0 Å². The summed E-state index contributed by atoms with van der Waals surface area (Å²) in [5, 5.41) is 23.9. The van der Waals surface area contributed by atoms with Gasteiger partial charge in [0, 0.05) is 5.56 Å². The first-order valence-corrected chi connectivity index (χ1v) is 10.3. The van der Waals surface area contributed by atoms with Gasteiger partial charge >= 0.3 is 5.97 Å². The lowest BCUT2D eigenvalue weighted by molar-refractivity contribution is -0.213. The molecule has 3 N–H and O–H groups in total. The van der Waals surface area contributed by atoms with Crippen LogP contribution < -0.4 is 5.32 Å². The molecular formula is C22H31NO8. The molecule has 3 rings (SSSR count). The number of fused-ring (bicyclic) bond motifs is 1. The van der Waals surface area contributed by atoms with E-state index in [1.165, 1.54) is 7.11 Å². The molecule has 2 aliphatic heterocycles. The van der Waals surface area contributed by atoms with Gasteiger partial charge in [0.1, 0.15) is 30.5 Å². The molecule has 0 saturated carbocycles. The van der Waals surface area contributed by atoms with Gasteiger partial charge < -0.3 is 34.5 Å². The van der Waals surface area contributed by atoms with Crippen LogP contribution in [0.3, 0.4) is 0 Å². The van der Waals surface area contributed by atoms with Crippen LogP contribution in [0, 0.1) is 5.41 Å². The summed E-state index contributed by atoms with van der Waals surface area (Å²) >= 11 is 0. The van der Waals surface area contributed by atoms with E-state index in [1.807, 2.05) is 0 Å². The van der Waals surface area contributed by atoms with Gasteiger partial charge in [-0.1, -0.05) is 18.2 Å². The quantitative estimate of drug-likeness (QED) is 0.554. The summed E-state index contributed by atoms with van der Waals surface area (Å²) in [4.78, 5) is 25.5. The maximum atomic E-state index is 12.9. The van der Waals surface area contributed by atoms with Gasteiger partial charge in [-0.2, -0.15) is 0 Å². The second-order valence-electron chi connectivity index (χ2n) is 8.91. The van der Waals surface area contributed by atoms with Crippen molar-refractivity contribution in [2.75, 3.05) is 13.7 Å². The number of benzene rings is 1. The number of amides is 1. The van der Waals surface area contributed by atoms with Crippen LogP contribution in [0.1, 0.15) is 38.1 Å². The fraction of sp³-hybridized carbons (Fsp3) is 0.636. The van der Waals surface area contributed by atoms with E-state index in [0.29, 0.717) is 5.56 Å². The number of aliphatic hydroxyl groups is 2. The molecule has 31 heavy (non-hydrogen) atoms. The summed E-state index contributed by atoms with van der Waals surface area (Å²) in [6, 6.07) is 7.51. The first-order valence-electron chi connectivity index (χ1n) is 10.3. The molecule has 0 bridgehead atoms. The lowest BCUT2D eigenvalue weighted by Crippen LogP contribution is -2.67. The third-order valence-corrected chi connectivity index (χ3v) is 5.86. The fourth-order valence-corrected chi connectivity index (χ4v) is 4.22. The van der Waals surface area contributed by atoms with Crippen LogP contribution in [0.4, 0.5) is 0 Å². The molecule has 2 heterocycles. The maximum absolute atomic E-state index is 12.9. The highest BCUT2D eigenvalue weighted by molar-refractivity contribution is 5.95. The van der Waals surface area contributed by atoms with Gasteiger partial charge in [-0.05, 0) is 39.8 Å². The smallest absolute Gasteiger partial charge is 0.313 e. The van der Waals surface area contributed by atoms with Gasteiger partial charge in [0.15, 0.2) is 5.79 Å². The van der Waals surface area contributed by atoms with Crippen LogP contribution in [0.25, 0.3) is 0 Å². The van der Waals surface area contributed by atoms with E-state index < -0.39 is 59.6 Å². The summed E-state index contributed by atoms with van der Waals surface area (Å²) in [5.41, 5.74) is -0.885. The Labute approximate surface area is 181 Å². The summed E-state index contributed by atoms with van der Waals surface area (Å²) in [7, 11) is 1.25. The molecule has 6 atom stereocenters. The topological polar surface area (TPSA) is 124 Å². The van der Waals surface area contributed by atoms with Gasteiger partial charge in [0.2, 0.25) is 0 Å². The van der Waals surface area contributed by atoms with Crippen molar-refractivity contribution in [1.82, 2.24) is 5.32 Å². The normalized spacial score (nSPS) is 30.9. The molecule has 0 aromatic heterocycles. The van der Waals surface area contributed by atoms with Crippen molar-refractivity contribution in [1.29, 1.82) is 0 Å². The number of aliphatic hydroxyl groups excluding tert-OH is 2. The van der Waals surface area contributed by atoms with Gasteiger partial charge in [0.25, 0.3) is 5.91 Å². The number of carbonyl (C=O) groups is 2. The molecule has 1 aromatic carbocycles. The lowest BCUT2D eigenvalue weighted by atomic mass is 9.77. The molecule has 9 nitrogen and oxygen atoms in total. The Hall–Kier alpha value is -2.04. The summed E-state index contributed by atoms with van der Waals surface area (Å²) in [6.45, 7) is 6.21. The van der Waals surface area contributed by atoms with Crippen molar-refractivity contribution < 1.29 is 38.7 Å². The summed E-state index contributed by atoms with van der Waals surface area (Å²) in [5.74, 6) is -2.01. The van der Waals surface area contributed by atoms with Crippen molar-refractivity contribution in [3.05, 3.63) is 35.9 Å². The molecule has 2 fully saturated rings. The van der Waals surface area contributed by atoms with Crippen LogP contribution in [-0.4, -0.2) is 78.2 Å². The standard InChI is InChI=1S/C22H31NO8/c1-21(2,20(27)28-5)18(23-19(26)12-9-7-6-8-10-12)17-14(25)16-15(13(11-24)29-17)30-22(3,4)31-16/h6-10,13-18,24-25H,11H2,1-5H3,(H,23,26). The highest BCUT2D eigenvalue weighted by Crippen LogP contribution is 2.40. The summed E-state index contributed by atoms with van der Waals surface area (Å²) < 4.78 is 22.6. The van der Waals surface area contributed by atoms with Crippen molar-refractivity contribution in [2.45, 2.75) is 70.0 Å². The van der Waals surface area contributed by atoms with Gasteiger partial charge in [-0.15, -0.1) is 0 Å². The minimum absolute atomic E-state index is 0.386. The highest BCUT2D eigenvalue weighted by atomic mass is 16.8. The molecule has 1 aromatic rings. The number of carbonyl (C=O) groups excluding carboxylic acids is 2. The number of nitrogens with one attached hydrogen (secondary N) is 1. The Balaban J connectivity index is 1.96. The van der Waals surface area contributed by atoms with E-state index in [-0.39, 0.29) is 6.61 Å². The van der Waals surface area contributed by atoms with Crippen molar-refractivity contribution >= 4 is 11.9 Å². The third-order valence-electron chi connectivity index (χ3n) is 5.86. The zero-order chi connectivity index (χ0) is 23.0. The monoisotopic (exact) mass is 437 g/mol. The van der Waals surface area contributed by atoms with E-state index in [9.17, 15) is 19.8 Å². The fourth-order valence-electron chi connectivity index (χ4n) is 4.22. The average molecular weight is 437 g/mol. The maximum Gasteiger partial charge on any atom is 0.313 e. The molecule has 0 aliphatic carbocycles. The highest BCUT2D eigenvalue weighted by Gasteiger charge is 2.58. The predicted molar refractivity (Wildman–Crippen MR) is 109 cm³/mol. The van der Waals surface area contributed by atoms with E-state index in [4.69, 9.17) is 18.9 Å². The Morgan fingerprint density at radius 3 is 2.39 bits per heavy atom. The number of esters is 1.